The van der Waals surface area contributed by atoms with Crippen LogP contribution in [0.1, 0.15) is 12.0 Å². The first-order chi connectivity index (χ1) is 24.1. The molecule has 2 aromatic heterocycles. The smallest absolute Gasteiger partial charge is 0.335 e. The molecule has 1 saturated heterocycles. The molecule has 6 rings (SSSR count). The average molecular weight is 691 g/mol. The molecule has 2 N–H and O–H groups in total. The summed E-state index contributed by atoms with van der Waals surface area (Å²) in [5.41, 5.74) is -2.65. The van der Waals surface area contributed by atoms with Crippen molar-refractivity contribution in [1.29, 1.82) is 0 Å². The van der Waals surface area contributed by atoms with E-state index in [9.17, 15) is 23.5 Å². The van der Waals surface area contributed by atoms with Gasteiger partial charge in [-0.15, -0.1) is 0 Å². The van der Waals surface area contributed by atoms with Crippen molar-refractivity contribution < 1.29 is 32.5 Å². The first kappa shape index (κ1) is 34.2. The van der Waals surface area contributed by atoms with E-state index in [-0.39, 0.29) is 11.4 Å². The number of benzene rings is 3. The Bertz CT molecular complexity index is 2180. The van der Waals surface area contributed by atoms with Gasteiger partial charge in [0, 0.05) is 68.7 Å². The summed E-state index contributed by atoms with van der Waals surface area (Å²) in [4.78, 5) is 39.9. The highest BCUT2D eigenvalue weighted by molar-refractivity contribution is 5.88. The minimum atomic E-state index is -1.16. The number of H-pyrrole nitrogens is 1. The molecule has 1 aliphatic heterocycles. The fraction of sp³-hybridized carbons (Fsp3) is 0.257. The van der Waals surface area contributed by atoms with Gasteiger partial charge < -0.3 is 29.1 Å². The zero-order valence-corrected chi connectivity index (χ0v) is 27.2. The summed E-state index contributed by atoms with van der Waals surface area (Å²) in [7, 11) is 3.65. The third-order valence-corrected chi connectivity index (χ3v) is 8.21. The number of rotatable bonds is 11. The van der Waals surface area contributed by atoms with Crippen LogP contribution in [0.3, 0.4) is 0 Å². The van der Waals surface area contributed by atoms with E-state index < -0.39 is 45.8 Å². The number of methoxy groups -OCH3 is 1. The van der Waals surface area contributed by atoms with Crippen molar-refractivity contribution in [1.82, 2.24) is 24.3 Å². The number of ether oxygens (including phenoxy) is 3. The van der Waals surface area contributed by atoms with Crippen molar-refractivity contribution in [2.24, 2.45) is 4.99 Å². The summed E-state index contributed by atoms with van der Waals surface area (Å²) in [6, 6.07) is 11.1. The van der Waals surface area contributed by atoms with E-state index in [0.29, 0.717) is 45.4 Å². The van der Waals surface area contributed by atoms with Crippen LogP contribution in [-0.4, -0.2) is 89.1 Å². The van der Waals surface area contributed by atoms with Gasteiger partial charge in [0.1, 0.15) is 22.9 Å². The number of nitrogens with zero attached hydrogens (tertiary/aromatic N) is 5. The molecular formula is C35H33F3N6O6. The number of piperazine rings is 1. The highest BCUT2D eigenvalue weighted by Gasteiger charge is 2.19. The Kier molecular flexibility index (Phi) is 10.2. The van der Waals surface area contributed by atoms with E-state index in [1.807, 2.05) is 4.98 Å². The second kappa shape index (κ2) is 14.8. The summed E-state index contributed by atoms with van der Waals surface area (Å²) < 4.78 is 61.0. The van der Waals surface area contributed by atoms with Gasteiger partial charge in [0.15, 0.2) is 23.1 Å². The van der Waals surface area contributed by atoms with Gasteiger partial charge in [0.25, 0.3) is 5.56 Å². The van der Waals surface area contributed by atoms with Crippen molar-refractivity contribution in [3.8, 4) is 34.6 Å². The fourth-order valence-corrected chi connectivity index (χ4v) is 5.48. The van der Waals surface area contributed by atoms with Crippen LogP contribution in [0.25, 0.3) is 16.6 Å². The lowest BCUT2D eigenvalue weighted by Crippen LogP contribution is -2.44. The summed E-state index contributed by atoms with van der Waals surface area (Å²) >= 11 is 0. The number of aromatic nitrogens is 3. The molecule has 1 fully saturated rings. The number of likely N-dealkylation sites (N-methyl/N-ethyl adjacent to an activating group) is 1. The van der Waals surface area contributed by atoms with Gasteiger partial charge in [-0.05, 0) is 49.9 Å². The number of nitrogens with one attached hydrogen (secondary N) is 1. The molecule has 3 heterocycles. The predicted octanol–water partition coefficient (Wildman–Crippen LogP) is 4.76. The Hall–Kier alpha value is -5.67. The molecule has 260 valence electrons. The quantitative estimate of drug-likeness (QED) is 0.149. The lowest BCUT2D eigenvalue weighted by atomic mass is 10.1. The Balaban J connectivity index is 1.18. The molecule has 5 aromatic rings. The molecule has 0 bridgehead atoms. The van der Waals surface area contributed by atoms with Crippen molar-refractivity contribution in [3.63, 3.8) is 0 Å². The molecule has 0 saturated carbocycles. The van der Waals surface area contributed by atoms with Gasteiger partial charge in [-0.1, -0.05) is 0 Å². The first-order valence-electron chi connectivity index (χ1n) is 15.7. The second-order valence-corrected chi connectivity index (χ2v) is 11.6. The number of fused-ring (bicyclic) bond motifs is 1. The minimum absolute atomic E-state index is 0.0232. The van der Waals surface area contributed by atoms with Gasteiger partial charge in [-0.3, -0.25) is 19.8 Å². The molecule has 3 aromatic carbocycles. The van der Waals surface area contributed by atoms with E-state index >= 15 is 4.39 Å². The molecular weight excluding hydrogens is 657 g/mol. The van der Waals surface area contributed by atoms with E-state index in [0.717, 1.165) is 63.6 Å². The van der Waals surface area contributed by atoms with E-state index in [2.05, 4.69) is 26.8 Å². The molecule has 0 atom stereocenters. The maximum atomic E-state index is 15.3. The molecule has 1 aliphatic rings. The van der Waals surface area contributed by atoms with Crippen LogP contribution in [-0.2, 0) is 0 Å². The lowest BCUT2D eigenvalue weighted by molar-refractivity contribution is 0.145. The predicted molar refractivity (Wildman–Crippen MR) is 180 cm³/mol. The summed E-state index contributed by atoms with van der Waals surface area (Å²) in [6.07, 6.45) is 3.26. The van der Waals surface area contributed by atoms with Crippen LogP contribution in [0.15, 0.2) is 75.4 Å². The Labute approximate surface area is 283 Å². The average Bonchev–Trinajstić information content (AvgIpc) is 3.09. The number of aromatic hydroxyl groups is 1. The first-order valence-corrected chi connectivity index (χ1v) is 15.7. The van der Waals surface area contributed by atoms with Crippen molar-refractivity contribution in [2.45, 2.75) is 6.42 Å². The summed E-state index contributed by atoms with van der Waals surface area (Å²) in [6.45, 7) is 5.60. The maximum absolute atomic E-state index is 15.3. The number of halogens is 3. The van der Waals surface area contributed by atoms with E-state index in [1.54, 1.807) is 18.2 Å². The number of aliphatic imine (C=N–C) groups is 1. The molecule has 0 spiro atoms. The molecule has 50 heavy (non-hydrogen) atoms. The van der Waals surface area contributed by atoms with Crippen LogP contribution in [0, 0.1) is 17.5 Å². The topological polar surface area (TPSA) is 135 Å². The second-order valence-electron chi connectivity index (χ2n) is 11.6. The highest BCUT2D eigenvalue weighted by Crippen LogP contribution is 2.38. The van der Waals surface area contributed by atoms with Crippen LogP contribution in [0.4, 0.5) is 18.9 Å². The van der Waals surface area contributed by atoms with Gasteiger partial charge in [-0.25, -0.2) is 22.5 Å². The number of aromatic amines is 1. The molecule has 12 nitrogen and oxygen atoms in total. The zero-order chi connectivity index (χ0) is 35.4. The van der Waals surface area contributed by atoms with Gasteiger partial charge in [0.05, 0.1) is 30.6 Å². The van der Waals surface area contributed by atoms with Crippen LogP contribution in [0.5, 0.6) is 28.9 Å². The van der Waals surface area contributed by atoms with Gasteiger partial charge in [0.2, 0.25) is 5.88 Å². The normalized spacial score (nSPS) is 14.0. The van der Waals surface area contributed by atoms with E-state index in [1.165, 1.54) is 25.4 Å². The Morgan fingerprint density at radius 2 is 1.74 bits per heavy atom. The summed E-state index contributed by atoms with van der Waals surface area (Å²) in [5, 5.41) is 11.2. The third-order valence-electron chi connectivity index (χ3n) is 8.21. The molecule has 0 unspecified atom stereocenters. The minimum Gasteiger partial charge on any atom is -0.493 e. The molecule has 15 heteroatoms. The van der Waals surface area contributed by atoms with Crippen LogP contribution >= 0.6 is 0 Å². The Morgan fingerprint density at radius 1 is 0.940 bits per heavy atom. The number of hydrogen-bond acceptors (Lipinski definition) is 10. The van der Waals surface area contributed by atoms with Crippen LogP contribution in [0.2, 0.25) is 0 Å². The SMILES string of the molecule is COc1cc2c(Oc3ccc(N=Cc4c(O)n(-c5ccc(F)cc5F)c(=O)[nH]c4=O)cc3F)ccnc2cc1OCCCN1CCN(C)CC1. The maximum Gasteiger partial charge on any atom is 0.335 e. The molecule has 0 amide bonds. The number of hydrogen-bond donors (Lipinski definition) is 2. The van der Waals surface area contributed by atoms with Crippen molar-refractivity contribution >= 4 is 22.8 Å². The number of pyridine rings is 1. The molecule has 0 aliphatic carbocycles. The summed E-state index contributed by atoms with van der Waals surface area (Å²) in [5.74, 6) is -2.65. The van der Waals surface area contributed by atoms with E-state index in [4.69, 9.17) is 14.2 Å². The van der Waals surface area contributed by atoms with Crippen molar-refractivity contribution in [3.05, 3.63) is 105 Å². The Morgan fingerprint density at radius 3 is 2.48 bits per heavy atom. The molecule has 0 radical (unpaired) electrons. The third kappa shape index (κ3) is 7.48. The lowest BCUT2D eigenvalue weighted by Gasteiger charge is -2.32. The van der Waals surface area contributed by atoms with Crippen molar-refractivity contribution in [2.75, 3.05) is 53.5 Å². The van der Waals surface area contributed by atoms with Gasteiger partial charge in [-0.2, -0.15) is 0 Å². The van der Waals surface area contributed by atoms with Crippen LogP contribution < -0.4 is 25.5 Å². The highest BCUT2D eigenvalue weighted by atomic mass is 19.1. The standard InChI is InChI=1S/C35H33F3N6O6/c1-42-11-13-43(14-12-42)10-3-15-49-32-19-27-23(18-31(32)48-2)29(8-9-39-27)50-30-7-5-22(17-26(30)38)40-20-24-33(45)41-35(47)44(34(24)46)28-6-4-21(36)16-25(28)37/h4-9,16-20,46H,3,10-15H2,1-2H3,(H,41,45,47). The largest absolute Gasteiger partial charge is 0.493 e. The fourth-order valence-electron chi connectivity index (χ4n) is 5.48. The van der Waals surface area contributed by atoms with Gasteiger partial charge >= 0.3 is 5.69 Å². The monoisotopic (exact) mass is 690 g/mol. The zero-order valence-electron chi connectivity index (χ0n) is 27.2.